The number of nitrogens with one attached hydrogen (secondary N) is 2. The van der Waals surface area contributed by atoms with E-state index in [1.807, 2.05) is 42.5 Å². The summed E-state index contributed by atoms with van der Waals surface area (Å²) in [6.45, 7) is 0. The van der Waals surface area contributed by atoms with Crippen LogP contribution in [0.4, 0.5) is 0 Å². The van der Waals surface area contributed by atoms with Crippen LogP contribution in [0.15, 0.2) is 83.8 Å². The van der Waals surface area contributed by atoms with Crippen molar-refractivity contribution in [1.82, 2.24) is 19.9 Å². The van der Waals surface area contributed by atoms with Crippen LogP contribution in [0, 0.1) is 0 Å². The second kappa shape index (κ2) is 10.5. The molecule has 3 aromatic heterocycles. The van der Waals surface area contributed by atoms with Crippen LogP contribution in [0.5, 0.6) is 0 Å². The van der Waals surface area contributed by atoms with Gasteiger partial charge in [0.2, 0.25) is 0 Å². The van der Waals surface area contributed by atoms with Crippen molar-refractivity contribution < 1.29 is 25.5 Å². The first kappa shape index (κ1) is 23.4. The number of fused-ring (bicyclic) bond motifs is 8. The maximum Gasteiger partial charge on any atom is 1.00 e. The minimum Gasteiger partial charge on any atom is -0.420 e. The Morgan fingerprint density at radius 2 is 0.941 bits per heavy atom. The fraction of sp³-hybridized carbons (Fsp3) is 0. The number of nitrogens with zero attached hydrogens (tertiary/aromatic N) is 2. The van der Waals surface area contributed by atoms with Gasteiger partial charge in [0, 0.05) is 22.1 Å². The summed E-state index contributed by atoms with van der Waals surface area (Å²) in [5.41, 5.74) is 7.86. The third kappa shape index (κ3) is 5.80. The zero-order chi connectivity index (χ0) is 22.6. The molecule has 172 valence electrons. The van der Waals surface area contributed by atoms with Gasteiger partial charge in [0.25, 0.3) is 0 Å². The molecule has 8 bridgehead atoms. The normalized spacial score (nSPS) is 11.6. The molecular formula is C26H19CuN4O2S. The summed E-state index contributed by atoms with van der Waals surface area (Å²) in [5, 5.41) is 0. The van der Waals surface area contributed by atoms with Crippen LogP contribution in [0.25, 0.3) is 46.4 Å². The van der Waals surface area contributed by atoms with E-state index in [1.165, 1.54) is 0 Å². The van der Waals surface area contributed by atoms with Crippen LogP contribution in [-0.2, 0) is 36.2 Å². The molecule has 4 aromatic rings. The van der Waals surface area contributed by atoms with E-state index in [0.717, 1.165) is 44.8 Å². The molecule has 2 N–H and O–H groups in total. The van der Waals surface area contributed by atoms with Gasteiger partial charge in [-0.1, -0.05) is 35.2 Å². The van der Waals surface area contributed by atoms with Crippen molar-refractivity contribution in [3.05, 3.63) is 102 Å². The van der Waals surface area contributed by atoms with Crippen LogP contribution >= 0.6 is 0 Å². The molecule has 6 nitrogen and oxygen atoms in total. The molecule has 34 heavy (non-hydrogen) atoms. The number of aromatic nitrogens is 4. The Labute approximate surface area is 208 Å². The van der Waals surface area contributed by atoms with E-state index in [4.69, 9.17) is 0 Å². The van der Waals surface area contributed by atoms with Gasteiger partial charge in [-0.2, -0.15) is 0 Å². The Balaban J connectivity index is 0.000000234. The van der Waals surface area contributed by atoms with Crippen molar-refractivity contribution in [2.75, 3.05) is 0 Å². The first-order valence-corrected chi connectivity index (χ1v) is 11.4. The Bertz CT molecular complexity index is 1520. The minimum atomic E-state index is -2.08. The molecule has 5 heterocycles. The number of hydrogen-bond acceptors (Lipinski definition) is 5. The van der Waals surface area contributed by atoms with Gasteiger partial charge in [0.05, 0.1) is 22.8 Å². The van der Waals surface area contributed by atoms with E-state index in [9.17, 15) is 8.42 Å². The van der Waals surface area contributed by atoms with Gasteiger partial charge in [-0.3, -0.25) is 0 Å². The quantitative estimate of drug-likeness (QED) is 0.208. The Morgan fingerprint density at radius 1 is 0.529 bits per heavy atom. The number of aromatic amines is 2. The zero-order valence-corrected chi connectivity index (χ0v) is 19.5. The van der Waals surface area contributed by atoms with Gasteiger partial charge in [0.1, 0.15) is 0 Å². The van der Waals surface area contributed by atoms with Crippen LogP contribution in [-0.4, -0.2) is 19.9 Å². The SMILES string of the molecule is C1=Cc2cc3ccc(cc4ccc(cc5nc(cc1n2)C=C5)[nH]4)[nH]3.O=[S-](=O)c1ccccc1.[Cu+]. The minimum absolute atomic E-state index is 0. The predicted molar refractivity (Wildman–Crippen MR) is 132 cm³/mol. The van der Waals surface area contributed by atoms with Gasteiger partial charge in [0.15, 0.2) is 0 Å². The van der Waals surface area contributed by atoms with Crippen molar-refractivity contribution >= 4 is 57.1 Å². The van der Waals surface area contributed by atoms with Gasteiger partial charge < -0.3 is 18.4 Å². The summed E-state index contributed by atoms with van der Waals surface area (Å²) >= 11 is 0. The molecule has 0 fully saturated rings. The van der Waals surface area contributed by atoms with Crippen LogP contribution in [0.1, 0.15) is 22.8 Å². The third-order valence-corrected chi connectivity index (χ3v) is 5.63. The molecule has 0 saturated carbocycles. The van der Waals surface area contributed by atoms with Crippen molar-refractivity contribution in [2.45, 2.75) is 4.90 Å². The van der Waals surface area contributed by atoms with Crippen molar-refractivity contribution in [1.29, 1.82) is 0 Å². The van der Waals surface area contributed by atoms with E-state index in [2.05, 4.69) is 50.3 Å². The second-order valence-electron chi connectivity index (χ2n) is 7.45. The fourth-order valence-electron chi connectivity index (χ4n) is 3.48. The van der Waals surface area contributed by atoms with Gasteiger partial charge in [-0.15, -0.1) is 0 Å². The molecule has 8 heteroatoms. The smallest absolute Gasteiger partial charge is 0.420 e. The average Bonchev–Trinajstić information content (AvgIpc) is 3.61. The molecule has 0 saturated heterocycles. The topological polar surface area (TPSA) is 91.5 Å². The largest absolute Gasteiger partial charge is 1.00 e. The predicted octanol–water partition coefficient (Wildman–Crippen LogP) is 6.01. The maximum absolute atomic E-state index is 10.2. The molecule has 0 unspecified atom stereocenters. The van der Waals surface area contributed by atoms with Gasteiger partial charge in [-0.05, 0) is 83.5 Å². The maximum atomic E-state index is 10.2. The molecule has 1 aromatic carbocycles. The number of H-pyrrole nitrogens is 2. The summed E-state index contributed by atoms with van der Waals surface area (Å²) in [7, 11) is -2.08. The van der Waals surface area contributed by atoms with Crippen LogP contribution in [0.3, 0.4) is 0 Å². The van der Waals surface area contributed by atoms with Crippen LogP contribution in [0.2, 0.25) is 0 Å². The monoisotopic (exact) mass is 514 g/mol. The van der Waals surface area contributed by atoms with Crippen LogP contribution < -0.4 is 0 Å². The van der Waals surface area contributed by atoms with Gasteiger partial charge >= 0.3 is 17.1 Å². The molecule has 6 rings (SSSR count). The standard InChI is InChI=1S/C20H14N4.C6H5O2S.Cu/c1-2-14-10-16-5-6-18(23-16)12-20-8-7-19(24-20)11-17-4-3-15(22-17)9-13(1)21-14;7-9(8)6-4-2-1-3-5-6;/h1-12,21-22H;1-5H;/q;-1;+1. The Kier molecular flexibility index (Phi) is 7.23. The van der Waals surface area contributed by atoms with E-state index >= 15 is 0 Å². The zero-order valence-electron chi connectivity index (χ0n) is 17.7. The summed E-state index contributed by atoms with van der Waals surface area (Å²) in [5.74, 6) is 0. The molecule has 0 amide bonds. The van der Waals surface area contributed by atoms with Crippen molar-refractivity contribution in [3.63, 3.8) is 0 Å². The molecule has 2 aliphatic rings. The van der Waals surface area contributed by atoms with Crippen molar-refractivity contribution in [3.8, 4) is 0 Å². The Morgan fingerprint density at radius 3 is 1.35 bits per heavy atom. The van der Waals surface area contributed by atoms with E-state index in [-0.39, 0.29) is 17.1 Å². The summed E-state index contributed by atoms with van der Waals surface area (Å²) < 4.78 is 20.4. The summed E-state index contributed by atoms with van der Waals surface area (Å²) in [4.78, 5) is 16.4. The first-order valence-electron chi connectivity index (χ1n) is 10.3. The number of rotatable bonds is 1. The van der Waals surface area contributed by atoms with Crippen molar-refractivity contribution in [2.24, 2.45) is 0 Å². The third-order valence-electron chi connectivity index (χ3n) is 4.98. The average molecular weight is 515 g/mol. The molecule has 0 atom stereocenters. The molecule has 0 radical (unpaired) electrons. The van der Waals surface area contributed by atoms with E-state index in [1.54, 1.807) is 30.3 Å². The molecule has 0 aliphatic carbocycles. The second-order valence-corrected chi connectivity index (χ2v) is 8.39. The molecular weight excluding hydrogens is 496 g/mol. The van der Waals surface area contributed by atoms with E-state index in [0.29, 0.717) is 4.90 Å². The number of hydrogen-bond donors (Lipinski definition) is 2. The summed E-state index contributed by atoms with van der Waals surface area (Å²) in [6, 6.07) is 24.6. The van der Waals surface area contributed by atoms with E-state index < -0.39 is 10.7 Å². The van der Waals surface area contributed by atoms with Gasteiger partial charge in [-0.25, -0.2) is 9.97 Å². The molecule has 2 aliphatic heterocycles. The number of benzene rings is 1. The molecule has 0 spiro atoms. The first-order chi connectivity index (χ1) is 16.1. The summed E-state index contributed by atoms with van der Waals surface area (Å²) in [6.07, 6.45) is 8.05. The fourth-order valence-corrected chi connectivity index (χ4v) is 3.85. The Hall–Kier alpha value is -3.71.